The number of alkyl halides is 1. The van der Waals surface area contributed by atoms with Crippen molar-refractivity contribution in [1.82, 2.24) is 4.98 Å². The van der Waals surface area contributed by atoms with Crippen LogP contribution in [0.25, 0.3) is 10.9 Å². The molecule has 0 fully saturated rings. The monoisotopic (exact) mass is 377 g/mol. The van der Waals surface area contributed by atoms with E-state index in [0.29, 0.717) is 20.8 Å². The molecule has 0 aliphatic rings. The number of rotatable bonds is 2. The Labute approximate surface area is 121 Å². The zero-order valence-corrected chi connectivity index (χ0v) is 13.1. The summed E-state index contributed by atoms with van der Waals surface area (Å²) in [5.74, 6) is -1.51. The molecule has 0 unspecified atom stereocenters. The van der Waals surface area contributed by atoms with Gasteiger partial charge in [0.2, 0.25) is 0 Å². The predicted molar refractivity (Wildman–Crippen MR) is 76.1 cm³/mol. The van der Waals surface area contributed by atoms with Gasteiger partial charge in [-0.15, -0.1) is 0 Å². The van der Waals surface area contributed by atoms with Gasteiger partial charge in [-0.2, -0.15) is 0 Å². The highest BCUT2D eigenvalue weighted by Gasteiger charge is 2.17. The number of halogens is 4. The third-order valence-electron chi connectivity index (χ3n) is 2.83. The number of hydrogen-bond acceptors (Lipinski definition) is 1. The normalized spacial score (nSPS) is 11.5. The van der Waals surface area contributed by atoms with Crippen LogP contribution < -0.4 is 0 Å². The summed E-state index contributed by atoms with van der Waals surface area (Å²) in [5, 5.41) is 1.28. The molecule has 96 valence electrons. The minimum absolute atomic E-state index is 0.198. The Kier molecular flexibility index (Phi) is 4.02. The molecule has 5 heteroatoms. The molecule has 0 saturated carbocycles. The molecule has 0 radical (unpaired) electrons. The number of benzene rings is 1. The number of aromatic nitrogens is 1. The lowest BCUT2D eigenvalue weighted by molar-refractivity contribution is 0.510. The molecule has 1 aromatic heterocycles. The largest absolute Gasteiger partial charge is 0.240 e. The molecule has 2 rings (SSSR count). The fourth-order valence-corrected chi connectivity index (χ4v) is 3.57. The van der Waals surface area contributed by atoms with Crippen molar-refractivity contribution >= 4 is 42.8 Å². The highest BCUT2D eigenvalue weighted by atomic mass is 79.9. The Morgan fingerprint density at radius 3 is 2.39 bits per heavy atom. The van der Waals surface area contributed by atoms with E-state index >= 15 is 0 Å². The van der Waals surface area contributed by atoms with Gasteiger partial charge < -0.3 is 0 Å². The Hall–Kier alpha value is -0.550. The van der Waals surface area contributed by atoms with E-state index in [-0.39, 0.29) is 5.92 Å². The van der Waals surface area contributed by atoms with Crippen LogP contribution in [0.5, 0.6) is 0 Å². The molecule has 1 aromatic carbocycles. The average molecular weight is 379 g/mol. The minimum atomic E-state index is -0.872. The molecule has 0 N–H and O–H groups in total. The highest BCUT2D eigenvalue weighted by molar-refractivity contribution is 9.10. The van der Waals surface area contributed by atoms with Gasteiger partial charge in [-0.3, -0.25) is 0 Å². The van der Waals surface area contributed by atoms with Gasteiger partial charge in [0.25, 0.3) is 0 Å². The van der Waals surface area contributed by atoms with Crippen LogP contribution in [0.4, 0.5) is 8.78 Å². The van der Waals surface area contributed by atoms with Crippen molar-refractivity contribution in [2.24, 2.45) is 0 Å². The van der Waals surface area contributed by atoms with Gasteiger partial charge in [0, 0.05) is 16.8 Å². The number of fused-ring (bicyclic) bond motifs is 1. The van der Waals surface area contributed by atoms with Gasteiger partial charge in [-0.25, -0.2) is 13.8 Å². The van der Waals surface area contributed by atoms with E-state index in [1.165, 1.54) is 6.07 Å². The van der Waals surface area contributed by atoms with Gasteiger partial charge in [0.15, 0.2) is 11.6 Å². The van der Waals surface area contributed by atoms with Gasteiger partial charge in [0.05, 0.1) is 5.52 Å². The topological polar surface area (TPSA) is 12.9 Å². The van der Waals surface area contributed by atoms with Crippen LogP contribution in [0.3, 0.4) is 0 Å². The van der Waals surface area contributed by atoms with E-state index in [0.717, 1.165) is 17.2 Å². The van der Waals surface area contributed by atoms with Crippen molar-refractivity contribution in [3.63, 3.8) is 0 Å². The Morgan fingerprint density at radius 1 is 1.22 bits per heavy atom. The predicted octanol–water partition coefficient (Wildman–Crippen LogP) is 5.29. The molecule has 18 heavy (non-hydrogen) atoms. The van der Waals surface area contributed by atoms with Gasteiger partial charge in [-0.05, 0) is 39.0 Å². The van der Waals surface area contributed by atoms with Crippen LogP contribution in [-0.4, -0.2) is 4.98 Å². The second-order valence-corrected chi connectivity index (χ2v) is 5.68. The van der Waals surface area contributed by atoms with Crippen LogP contribution in [-0.2, 0) is 5.33 Å². The summed E-state index contributed by atoms with van der Waals surface area (Å²) in [6.45, 7) is 4.04. The van der Waals surface area contributed by atoms with Crippen molar-refractivity contribution in [2.45, 2.75) is 25.1 Å². The second kappa shape index (κ2) is 5.21. The number of pyridine rings is 1. The molecule has 1 heterocycles. The maximum absolute atomic E-state index is 13.4. The Balaban J connectivity index is 2.92. The van der Waals surface area contributed by atoms with Crippen LogP contribution in [0, 0.1) is 11.6 Å². The molecule has 0 amide bonds. The summed E-state index contributed by atoms with van der Waals surface area (Å²) >= 11 is 6.79. The first-order valence-electron chi connectivity index (χ1n) is 5.48. The van der Waals surface area contributed by atoms with Crippen LogP contribution >= 0.6 is 31.9 Å². The first-order valence-corrected chi connectivity index (χ1v) is 7.40. The summed E-state index contributed by atoms with van der Waals surface area (Å²) < 4.78 is 27.3. The van der Waals surface area contributed by atoms with Gasteiger partial charge >= 0.3 is 0 Å². The summed E-state index contributed by atoms with van der Waals surface area (Å²) in [6.07, 6.45) is 0. The molecule has 0 bridgehead atoms. The van der Waals surface area contributed by atoms with E-state index in [1.807, 2.05) is 13.8 Å². The summed E-state index contributed by atoms with van der Waals surface area (Å²) in [7, 11) is 0. The molecule has 0 aliphatic carbocycles. The molecular weight excluding hydrogens is 368 g/mol. The molecule has 0 atom stereocenters. The van der Waals surface area contributed by atoms with Crippen LogP contribution in [0.15, 0.2) is 16.7 Å². The zero-order chi connectivity index (χ0) is 13.4. The maximum atomic E-state index is 13.4. The Bertz CT molecular complexity index is 612. The first kappa shape index (κ1) is 13.9. The number of nitrogens with zero attached hydrogens (tertiary/aromatic N) is 1. The summed E-state index contributed by atoms with van der Waals surface area (Å²) in [4.78, 5) is 4.27. The summed E-state index contributed by atoms with van der Waals surface area (Å²) in [5.41, 5.74) is 2.43. The van der Waals surface area contributed by atoms with Crippen molar-refractivity contribution < 1.29 is 8.78 Å². The molecule has 0 spiro atoms. The third kappa shape index (κ3) is 2.30. The van der Waals surface area contributed by atoms with E-state index in [2.05, 4.69) is 36.8 Å². The average Bonchev–Trinajstić information content (AvgIpc) is 2.29. The first-order chi connectivity index (χ1) is 8.45. The molecular formula is C13H11Br2F2N. The van der Waals surface area contributed by atoms with E-state index in [1.54, 1.807) is 0 Å². The number of hydrogen-bond donors (Lipinski definition) is 0. The fourth-order valence-electron chi connectivity index (χ4n) is 2.08. The minimum Gasteiger partial charge on any atom is -0.240 e. The molecule has 0 saturated heterocycles. The van der Waals surface area contributed by atoms with E-state index in [4.69, 9.17) is 0 Å². The van der Waals surface area contributed by atoms with Crippen molar-refractivity contribution in [3.8, 4) is 0 Å². The van der Waals surface area contributed by atoms with Crippen LogP contribution in [0.2, 0.25) is 0 Å². The fraction of sp³-hybridized carbons (Fsp3) is 0.308. The lowest BCUT2D eigenvalue weighted by Crippen LogP contribution is -2.01. The molecule has 1 nitrogen and oxygen atoms in total. The van der Waals surface area contributed by atoms with Crippen molar-refractivity contribution in [3.05, 3.63) is 39.5 Å². The van der Waals surface area contributed by atoms with Gasteiger partial charge in [-0.1, -0.05) is 29.8 Å². The second-order valence-electron chi connectivity index (χ2n) is 4.37. The smallest absolute Gasteiger partial charge is 0.161 e. The lowest BCUT2D eigenvalue weighted by atomic mass is 9.95. The summed E-state index contributed by atoms with van der Waals surface area (Å²) in [6, 6.07) is 2.37. The lowest BCUT2D eigenvalue weighted by Gasteiger charge is -2.16. The SMILES string of the molecule is CC(C)c1c(CBr)c(Br)nc2cc(F)c(F)cc12. The Morgan fingerprint density at radius 2 is 1.83 bits per heavy atom. The van der Waals surface area contributed by atoms with Crippen molar-refractivity contribution in [1.29, 1.82) is 0 Å². The van der Waals surface area contributed by atoms with E-state index in [9.17, 15) is 8.78 Å². The van der Waals surface area contributed by atoms with Crippen LogP contribution in [0.1, 0.15) is 30.9 Å². The van der Waals surface area contributed by atoms with E-state index < -0.39 is 11.6 Å². The maximum Gasteiger partial charge on any atom is 0.161 e. The molecule has 2 aromatic rings. The van der Waals surface area contributed by atoms with Crippen molar-refractivity contribution in [2.75, 3.05) is 0 Å². The van der Waals surface area contributed by atoms with Gasteiger partial charge in [0.1, 0.15) is 4.60 Å². The molecule has 0 aliphatic heterocycles. The standard InChI is InChI=1S/C13H11Br2F2N/c1-6(2)12-7-3-9(16)10(17)4-11(7)18-13(15)8(12)5-14/h3-4,6H,5H2,1-2H3. The third-order valence-corrected chi connectivity index (χ3v) is 4.05. The quantitative estimate of drug-likeness (QED) is 0.510. The highest BCUT2D eigenvalue weighted by Crippen LogP contribution is 2.34. The zero-order valence-electron chi connectivity index (χ0n) is 9.90.